The number of carbonyl (C=O) groups excluding carboxylic acids is 3. The molecule has 0 saturated carbocycles. The van der Waals surface area contributed by atoms with Gasteiger partial charge in [0, 0.05) is 18.7 Å². The number of morpholine rings is 1. The van der Waals surface area contributed by atoms with Gasteiger partial charge in [-0.2, -0.15) is 9.31 Å². The summed E-state index contributed by atoms with van der Waals surface area (Å²) in [5, 5.41) is 3.32. The summed E-state index contributed by atoms with van der Waals surface area (Å²) in [6.07, 6.45) is 0.937. The number of aryl methyl sites for hydroxylation is 1. The van der Waals surface area contributed by atoms with E-state index < -0.39 is 33.4 Å². The van der Waals surface area contributed by atoms with Crippen LogP contribution in [0.2, 0.25) is 0 Å². The van der Waals surface area contributed by atoms with Gasteiger partial charge in [0.2, 0.25) is 10.0 Å². The lowest BCUT2D eigenvalue weighted by atomic mass is 9.93. The van der Waals surface area contributed by atoms with Gasteiger partial charge in [-0.1, -0.05) is 30.3 Å². The topological polar surface area (TPSA) is 125 Å². The van der Waals surface area contributed by atoms with Crippen molar-refractivity contribution in [2.24, 2.45) is 0 Å². The van der Waals surface area contributed by atoms with Gasteiger partial charge >= 0.3 is 6.03 Å². The molecule has 0 aromatic heterocycles. The summed E-state index contributed by atoms with van der Waals surface area (Å²) < 4.78 is 32.0. The van der Waals surface area contributed by atoms with Crippen LogP contribution in [0.3, 0.4) is 0 Å². The Bertz CT molecular complexity index is 1180. The predicted molar refractivity (Wildman–Crippen MR) is 122 cm³/mol. The molecule has 4 rings (SSSR count). The van der Waals surface area contributed by atoms with Crippen molar-refractivity contribution in [1.82, 2.24) is 20.1 Å². The second kappa shape index (κ2) is 9.53. The Balaban J connectivity index is 1.41. The fourth-order valence-corrected chi connectivity index (χ4v) is 5.28. The normalized spacial score (nSPS) is 21.4. The van der Waals surface area contributed by atoms with Crippen LogP contribution in [0, 0.1) is 0 Å². The second-order valence-corrected chi connectivity index (χ2v) is 10.3. The van der Waals surface area contributed by atoms with Crippen LogP contribution in [0.4, 0.5) is 4.79 Å². The first kappa shape index (κ1) is 23.9. The standard InChI is InChI=1S/C23H26N4O6S/c1-23(12-11-17-5-3-2-4-6-17)21(29)27(22(30)24-23)25-20(28)18-7-9-19(10-8-18)34(31,32)26-13-15-33-16-14-26/h2-10H,11-16H2,1H3,(H,24,30)(H,25,28)/t23-/m0/s1. The van der Waals surface area contributed by atoms with Gasteiger partial charge in [0.25, 0.3) is 11.8 Å². The molecule has 0 unspecified atom stereocenters. The van der Waals surface area contributed by atoms with E-state index in [4.69, 9.17) is 4.74 Å². The molecule has 11 heteroatoms. The maximum absolute atomic E-state index is 12.9. The molecule has 0 spiro atoms. The van der Waals surface area contributed by atoms with Crippen LogP contribution in [0.5, 0.6) is 0 Å². The number of urea groups is 1. The van der Waals surface area contributed by atoms with E-state index in [1.807, 2.05) is 30.3 Å². The van der Waals surface area contributed by atoms with Crippen molar-refractivity contribution in [2.45, 2.75) is 30.2 Å². The van der Waals surface area contributed by atoms with Crippen LogP contribution in [0.1, 0.15) is 29.3 Å². The molecule has 2 heterocycles. The van der Waals surface area contributed by atoms with E-state index in [1.165, 1.54) is 28.6 Å². The largest absolute Gasteiger partial charge is 0.379 e. The summed E-state index contributed by atoms with van der Waals surface area (Å²) in [6.45, 7) is 2.80. The van der Waals surface area contributed by atoms with Crippen molar-refractivity contribution in [1.29, 1.82) is 0 Å². The third kappa shape index (κ3) is 4.81. The highest BCUT2D eigenvalue weighted by Gasteiger charge is 2.48. The minimum absolute atomic E-state index is 0.0504. The summed E-state index contributed by atoms with van der Waals surface area (Å²) in [6, 6.07) is 14.2. The zero-order chi connectivity index (χ0) is 24.3. The maximum Gasteiger partial charge on any atom is 0.344 e. The summed E-state index contributed by atoms with van der Waals surface area (Å²) >= 11 is 0. The summed E-state index contributed by atoms with van der Waals surface area (Å²) in [5.41, 5.74) is 2.31. The molecule has 0 bridgehead atoms. The highest BCUT2D eigenvalue weighted by atomic mass is 32.2. The number of hydrogen-bond acceptors (Lipinski definition) is 6. The number of carbonyl (C=O) groups is 3. The first-order valence-electron chi connectivity index (χ1n) is 10.9. The molecule has 34 heavy (non-hydrogen) atoms. The van der Waals surface area contributed by atoms with E-state index in [0.29, 0.717) is 31.1 Å². The van der Waals surface area contributed by atoms with Gasteiger partial charge in [-0.15, -0.1) is 0 Å². The molecule has 2 fully saturated rings. The van der Waals surface area contributed by atoms with Gasteiger partial charge in [0.05, 0.1) is 18.1 Å². The SMILES string of the molecule is C[C@@]1(CCc2ccccc2)NC(=O)N(NC(=O)c2ccc(S(=O)(=O)N3CCOCC3)cc2)C1=O. The van der Waals surface area contributed by atoms with E-state index in [-0.39, 0.29) is 23.5 Å². The molecule has 2 aliphatic rings. The highest BCUT2D eigenvalue weighted by Crippen LogP contribution is 2.23. The number of amides is 4. The summed E-state index contributed by atoms with van der Waals surface area (Å²) in [5.74, 6) is -1.26. The van der Waals surface area contributed by atoms with Crippen molar-refractivity contribution < 1.29 is 27.5 Å². The average molecular weight is 487 g/mol. The molecule has 1 atom stereocenters. The molecule has 10 nitrogen and oxygen atoms in total. The smallest absolute Gasteiger partial charge is 0.344 e. The number of imide groups is 1. The van der Waals surface area contributed by atoms with Crippen molar-refractivity contribution in [2.75, 3.05) is 26.3 Å². The fraction of sp³-hybridized carbons (Fsp3) is 0.348. The first-order valence-corrected chi connectivity index (χ1v) is 12.3. The first-order chi connectivity index (χ1) is 16.2. The van der Waals surface area contributed by atoms with Crippen LogP contribution >= 0.6 is 0 Å². The zero-order valence-electron chi connectivity index (χ0n) is 18.7. The number of rotatable bonds is 7. The van der Waals surface area contributed by atoms with Crippen LogP contribution in [-0.2, 0) is 26.0 Å². The van der Waals surface area contributed by atoms with Crippen molar-refractivity contribution in [3.8, 4) is 0 Å². The lowest BCUT2D eigenvalue weighted by Gasteiger charge is -2.26. The number of hydrazine groups is 1. The molecular weight excluding hydrogens is 460 g/mol. The molecule has 0 aliphatic carbocycles. The minimum Gasteiger partial charge on any atom is -0.379 e. The molecule has 2 aromatic carbocycles. The van der Waals surface area contributed by atoms with Gasteiger partial charge in [-0.3, -0.25) is 15.0 Å². The molecular formula is C23H26N4O6S. The monoisotopic (exact) mass is 486 g/mol. The summed E-state index contributed by atoms with van der Waals surface area (Å²) in [4.78, 5) is 38.1. The Labute approximate surface area is 197 Å². The number of sulfonamides is 1. The van der Waals surface area contributed by atoms with E-state index in [9.17, 15) is 22.8 Å². The molecule has 180 valence electrons. The Morgan fingerprint density at radius 1 is 1.06 bits per heavy atom. The second-order valence-electron chi connectivity index (χ2n) is 8.37. The van der Waals surface area contributed by atoms with Crippen molar-refractivity contribution >= 4 is 27.9 Å². The van der Waals surface area contributed by atoms with Gasteiger partial charge in [0.15, 0.2) is 0 Å². The lowest BCUT2D eigenvalue weighted by molar-refractivity contribution is -0.132. The molecule has 2 aliphatic heterocycles. The summed E-state index contributed by atoms with van der Waals surface area (Å²) in [7, 11) is -3.70. The minimum atomic E-state index is -3.70. The number of benzene rings is 2. The Morgan fingerprint density at radius 3 is 2.35 bits per heavy atom. The fourth-order valence-electron chi connectivity index (χ4n) is 3.87. The Kier molecular flexibility index (Phi) is 6.69. The lowest BCUT2D eigenvalue weighted by Crippen LogP contribution is -2.49. The molecule has 2 N–H and O–H groups in total. The van der Waals surface area contributed by atoms with Crippen LogP contribution in [-0.4, -0.2) is 67.4 Å². The van der Waals surface area contributed by atoms with Gasteiger partial charge in [-0.25, -0.2) is 13.2 Å². The Morgan fingerprint density at radius 2 is 1.71 bits per heavy atom. The number of ether oxygens (including phenoxy) is 1. The third-order valence-electron chi connectivity index (χ3n) is 5.96. The molecule has 2 aromatic rings. The number of nitrogens with one attached hydrogen (secondary N) is 2. The van der Waals surface area contributed by atoms with Crippen molar-refractivity contribution in [3.05, 3.63) is 65.7 Å². The number of hydrogen-bond donors (Lipinski definition) is 2. The Hall–Kier alpha value is -3.28. The maximum atomic E-state index is 12.9. The van der Waals surface area contributed by atoms with Gasteiger partial charge in [-0.05, 0) is 49.6 Å². The van der Waals surface area contributed by atoms with E-state index in [2.05, 4.69) is 10.7 Å². The van der Waals surface area contributed by atoms with Gasteiger partial charge in [0.1, 0.15) is 5.54 Å². The van der Waals surface area contributed by atoms with E-state index in [0.717, 1.165) is 5.56 Å². The van der Waals surface area contributed by atoms with E-state index >= 15 is 0 Å². The van der Waals surface area contributed by atoms with Crippen LogP contribution in [0.25, 0.3) is 0 Å². The molecule has 4 amide bonds. The van der Waals surface area contributed by atoms with Gasteiger partial charge < -0.3 is 10.1 Å². The van der Waals surface area contributed by atoms with Crippen LogP contribution in [0.15, 0.2) is 59.5 Å². The van der Waals surface area contributed by atoms with E-state index in [1.54, 1.807) is 6.92 Å². The predicted octanol–water partition coefficient (Wildman–Crippen LogP) is 1.30. The average Bonchev–Trinajstić information content (AvgIpc) is 3.07. The highest BCUT2D eigenvalue weighted by molar-refractivity contribution is 7.89. The number of nitrogens with zero attached hydrogens (tertiary/aromatic N) is 2. The molecule has 0 radical (unpaired) electrons. The van der Waals surface area contributed by atoms with Crippen LogP contribution < -0.4 is 10.7 Å². The molecule has 2 saturated heterocycles. The quantitative estimate of drug-likeness (QED) is 0.569. The zero-order valence-corrected chi connectivity index (χ0v) is 19.5. The van der Waals surface area contributed by atoms with Crippen molar-refractivity contribution in [3.63, 3.8) is 0 Å². The third-order valence-corrected chi connectivity index (χ3v) is 7.87.